The highest BCUT2D eigenvalue weighted by Crippen LogP contribution is 2.08. The van der Waals surface area contributed by atoms with Crippen LogP contribution in [0.1, 0.15) is 27.2 Å². The van der Waals surface area contributed by atoms with Gasteiger partial charge in [0.25, 0.3) is 0 Å². The van der Waals surface area contributed by atoms with Gasteiger partial charge in [0, 0.05) is 6.54 Å². The van der Waals surface area contributed by atoms with Crippen LogP contribution in [0.4, 0.5) is 0 Å². The van der Waals surface area contributed by atoms with Crippen molar-refractivity contribution in [3.8, 4) is 0 Å². The molecule has 0 aliphatic heterocycles. The van der Waals surface area contributed by atoms with Gasteiger partial charge in [-0.15, -0.1) is 0 Å². The molecule has 0 aliphatic carbocycles. The van der Waals surface area contributed by atoms with Gasteiger partial charge in [-0.05, 0) is 33.9 Å². The van der Waals surface area contributed by atoms with E-state index in [1.54, 1.807) is 13.8 Å². The van der Waals surface area contributed by atoms with Crippen molar-refractivity contribution in [2.24, 2.45) is 5.73 Å². The third-order valence-corrected chi connectivity index (χ3v) is 2.29. The molecule has 0 aromatic carbocycles. The Morgan fingerprint density at radius 1 is 1.50 bits per heavy atom. The highest BCUT2D eigenvalue weighted by atomic mass is 16.5. The zero-order chi connectivity index (χ0) is 11.2. The Labute approximate surface area is 86.4 Å². The van der Waals surface area contributed by atoms with Gasteiger partial charge in [0.2, 0.25) is 0 Å². The minimum Gasteiger partial charge on any atom is -0.465 e. The van der Waals surface area contributed by atoms with Crippen molar-refractivity contribution in [3.05, 3.63) is 0 Å². The lowest BCUT2D eigenvalue weighted by Gasteiger charge is -2.24. The number of carbonyl (C=O) groups is 1. The second-order valence-corrected chi connectivity index (χ2v) is 3.78. The van der Waals surface area contributed by atoms with Crippen LogP contribution in [-0.4, -0.2) is 43.2 Å². The lowest BCUT2D eigenvalue weighted by molar-refractivity contribution is -0.149. The van der Waals surface area contributed by atoms with E-state index in [-0.39, 0.29) is 5.97 Å². The van der Waals surface area contributed by atoms with Gasteiger partial charge in [0.05, 0.1) is 6.61 Å². The minimum absolute atomic E-state index is 0.315. The molecule has 4 nitrogen and oxygen atoms in total. The maximum atomic E-state index is 11.4. The van der Waals surface area contributed by atoms with Crippen molar-refractivity contribution in [2.75, 3.05) is 26.7 Å². The number of carbonyl (C=O) groups excluding carboxylic acids is 1. The summed E-state index contributed by atoms with van der Waals surface area (Å²) in [6, 6.07) is 0. The molecule has 14 heavy (non-hydrogen) atoms. The van der Waals surface area contributed by atoms with Crippen LogP contribution in [0.25, 0.3) is 0 Å². The largest absolute Gasteiger partial charge is 0.465 e. The van der Waals surface area contributed by atoms with E-state index in [0.29, 0.717) is 13.0 Å². The standard InChI is InChI=1S/C10H22N2O2/c1-5-12(4)8-7-10(3,11)9(13)14-6-2/h5-8,11H2,1-4H3. The summed E-state index contributed by atoms with van der Waals surface area (Å²) in [4.78, 5) is 13.5. The summed E-state index contributed by atoms with van der Waals surface area (Å²) in [5, 5.41) is 0. The fourth-order valence-electron chi connectivity index (χ4n) is 0.979. The van der Waals surface area contributed by atoms with Crippen LogP contribution in [0.15, 0.2) is 0 Å². The Morgan fingerprint density at radius 2 is 2.07 bits per heavy atom. The molecule has 0 saturated heterocycles. The molecule has 2 N–H and O–H groups in total. The number of hydrogen-bond acceptors (Lipinski definition) is 4. The summed E-state index contributed by atoms with van der Waals surface area (Å²) in [7, 11) is 2.00. The average Bonchev–Trinajstić information content (AvgIpc) is 2.14. The van der Waals surface area contributed by atoms with Crippen LogP contribution in [0.5, 0.6) is 0 Å². The highest BCUT2D eigenvalue weighted by Gasteiger charge is 2.29. The molecule has 84 valence electrons. The number of nitrogens with two attached hydrogens (primary N) is 1. The Morgan fingerprint density at radius 3 is 2.50 bits per heavy atom. The molecule has 0 bridgehead atoms. The van der Waals surface area contributed by atoms with Crippen LogP contribution < -0.4 is 5.73 Å². The fourth-order valence-corrected chi connectivity index (χ4v) is 0.979. The van der Waals surface area contributed by atoms with Crippen LogP contribution in [0.2, 0.25) is 0 Å². The summed E-state index contributed by atoms with van der Waals surface area (Å²) in [5.41, 5.74) is 4.99. The smallest absolute Gasteiger partial charge is 0.325 e. The SMILES string of the molecule is CCOC(=O)C(C)(N)CCN(C)CC. The number of nitrogens with zero attached hydrogens (tertiary/aromatic N) is 1. The first-order valence-corrected chi connectivity index (χ1v) is 5.08. The molecular formula is C10H22N2O2. The Kier molecular flexibility index (Phi) is 5.72. The molecule has 4 heteroatoms. The second kappa shape index (κ2) is 5.98. The van der Waals surface area contributed by atoms with E-state index in [1.807, 2.05) is 7.05 Å². The van der Waals surface area contributed by atoms with E-state index in [0.717, 1.165) is 13.1 Å². The van der Waals surface area contributed by atoms with Crippen LogP contribution >= 0.6 is 0 Å². The van der Waals surface area contributed by atoms with Gasteiger partial charge >= 0.3 is 5.97 Å². The molecule has 0 fully saturated rings. The van der Waals surface area contributed by atoms with E-state index in [4.69, 9.17) is 10.5 Å². The van der Waals surface area contributed by atoms with E-state index < -0.39 is 5.54 Å². The molecule has 1 unspecified atom stereocenters. The molecule has 0 radical (unpaired) electrons. The predicted octanol–water partition coefficient (Wildman–Crippen LogP) is 0.609. The molecule has 0 aliphatic rings. The number of esters is 1. The predicted molar refractivity (Wildman–Crippen MR) is 57.0 cm³/mol. The summed E-state index contributed by atoms with van der Waals surface area (Å²) in [6.07, 6.45) is 0.621. The van der Waals surface area contributed by atoms with Crippen molar-refractivity contribution < 1.29 is 9.53 Å². The molecule has 0 amide bonds. The molecule has 0 aromatic heterocycles. The third-order valence-electron chi connectivity index (χ3n) is 2.29. The lowest BCUT2D eigenvalue weighted by atomic mass is 9.99. The summed E-state index contributed by atoms with van der Waals surface area (Å²) in [5.74, 6) is -0.315. The minimum atomic E-state index is -0.862. The van der Waals surface area contributed by atoms with Gasteiger partial charge in [-0.3, -0.25) is 4.79 Å². The third kappa shape index (κ3) is 4.58. The maximum Gasteiger partial charge on any atom is 0.325 e. The first-order chi connectivity index (χ1) is 6.44. The van der Waals surface area contributed by atoms with Gasteiger partial charge in [0.15, 0.2) is 0 Å². The molecule has 0 heterocycles. The fraction of sp³-hybridized carbons (Fsp3) is 0.900. The second-order valence-electron chi connectivity index (χ2n) is 3.78. The number of ether oxygens (including phenoxy) is 1. The Bertz CT molecular complexity index is 181. The molecule has 0 aromatic rings. The average molecular weight is 202 g/mol. The van der Waals surface area contributed by atoms with Crippen molar-refractivity contribution in [2.45, 2.75) is 32.7 Å². The van der Waals surface area contributed by atoms with Crippen LogP contribution in [0.3, 0.4) is 0 Å². The van der Waals surface area contributed by atoms with Gasteiger partial charge in [-0.1, -0.05) is 6.92 Å². The highest BCUT2D eigenvalue weighted by molar-refractivity contribution is 5.79. The summed E-state index contributed by atoms with van der Waals surface area (Å²) >= 11 is 0. The Hall–Kier alpha value is -0.610. The van der Waals surface area contributed by atoms with Gasteiger partial charge in [-0.2, -0.15) is 0 Å². The van der Waals surface area contributed by atoms with Gasteiger partial charge in [-0.25, -0.2) is 0 Å². The van der Waals surface area contributed by atoms with Crippen molar-refractivity contribution >= 4 is 5.97 Å². The van der Waals surface area contributed by atoms with E-state index in [2.05, 4.69) is 11.8 Å². The zero-order valence-electron chi connectivity index (χ0n) is 9.67. The summed E-state index contributed by atoms with van der Waals surface area (Å²) in [6.45, 7) is 7.72. The molecule has 0 spiro atoms. The van der Waals surface area contributed by atoms with Crippen molar-refractivity contribution in [3.63, 3.8) is 0 Å². The maximum absolute atomic E-state index is 11.4. The molecular weight excluding hydrogens is 180 g/mol. The van der Waals surface area contributed by atoms with Crippen LogP contribution in [-0.2, 0) is 9.53 Å². The van der Waals surface area contributed by atoms with E-state index in [1.165, 1.54) is 0 Å². The van der Waals surface area contributed by atoms with Gasteiger partial charge in [0.1, 0.15) is 5.54 Å². The number of rotatable bonds is 6. The number of hydrogen-bond donors (Lipinski definition) is 1. The van der Waals surface area contributed by atoms with Gasteiger partial charge < -0.3 is 15.4 Å². The molecule has 1 atom stereocenters. The molecule has 0 rings (SSSR count). The first kappa shape index (κ1) is 13.4. The van der Waals surface area contributed by atoms with Crippen molar-refractivity contribution in [1.82, 2.24) is 4.90 Å². The monoisotopic (exact) mass is 202 g/mol. The summed E-state index contributed by atoms with van der Waals surface area (Å²) < 4.78 is 4.89. The van der Waals surface area contributed by atoms with E-state index in [9.17, 15) is 4.79 Å². The first-order valence-electron chi connectivity index (χ1n) is 5.08. The topological polar surface area (TPSA) is 55.6 Å². The van der Waals surface area contributed by atoms with E-state index >= 15 is 0 Å². The quantitative estimate of drug-likeness (QED) is 0.641. The zero-order valence-corrected chi connectivity index (χ0v) is 9.67. The molecule has 0 saturated carbocycles. The Balaban J connectivity index is 3.99. The normalized spacial score (nSPS) is 15.3. The van der Waals surface area contributed by atoms with Crippen LogP contribution in [0, 0.1) is 0 Å². The van der Waals surface area contributed by atoms with Crippen molar-refractivity contribution in [1.29, 1.82) is 0 Å². The lowest BCUT2D eigenvalue weighted by Crippen LogP contribution is -2.48.